The van der Waals surface area contributed by atoms with Crippen LogP contribution in [0.3, 0.4) is 0 Å². The predicted octanol–water partition coefficient (Wildman–Crippen LogP) is 19.1. The van der Waals surface area contributed by atoms with E-state index in [1.165, 1.54) is 173 Å². The Morgan fingerprint density at radius 3 is 1.32 bits per heavy atom. The summed E-state index contributed by atoms with van der Waals surface area (Å²) in [4.78, 5) is 56.9. The molecule has 0 saturated carbocycles. The van der Waals surface area contributed by atoms with Gasteiger partial charge in [0.05, 0.1) is 25.7 Å². The number of carbonyl (C=O) groups excluding carboxylic acids is 4. The van der Waals surface area contributed by atoms with Gasteiger partial charge in [-0.1, -0.05) is 253 Å². The Bertz CT molecular complexity index is 1400. The molecule has 1 fully saturated rings. The molecule has 0 radical (unpaired) electrons. The van der Waals surface area contributed by atoms with Crippen molar-refractivity contribution >= 4 is 23.9 Å². The van der Waals surface area contributed by atoms with Crippen LogP contribution in [0.2, 0.25) is 0 Å². The normalized spacial score (nSPS) is 14.9. The number of hydrogen-bond acceptors (Lipinski definition) is 11. The predicted molar refractivity (Wildman–Crippen MR) is 334 cm³/mol. The minimum absolute atomic E-state index is 0.112. The molecular weight excluding hydrogens is 1000 g/mol. The zero-order valence-electron chi connectivity index (χ0n) is 54.0. The van der Waals surface area contributed by atoms with Crippen molar-refractivity contribution in [3.05, 3.63) is 0 Å². The second-order valence-corrected chi connectivity index (χ2v) is 24.7. The van der Waals surface area contributed by atoms with Crippen LogP contribution in [0.25, 0.3) is 0 Å². The van der Waals surface area contributed by atoms with Crippen LogP contribution in [-0.4, -0.2) is 105 Å². The molecule has 1 saturated heterocycles. The SMILES string of the molecule is CCCCCCCCCCCOC(=O)CCCCCN1CC(OC(=O)CCN(C)C)C[C@H]1C(=O)OCCCCCCCC(=O)OC(CCCCCCCC)(CCCCCCCC)OC(CCCCCCCC)CCCCCCCC. The van der Waals surface area contributed by atoms with Gasteiger partial charge in [0, 0.05) is 45.2 Å². The van der Waals surface area contributed by atoms with Crippen LogP contribution >= 0.6 is 0 Å². The Morgan fingerprint density at radius 2 is 0.850 bits per heavy atom. The topological polar surface area (TPSA) is 121 Å². The number of nitrogens with zero attached hydrogens (tertiary/aromatic N) is 2. The van der Waals surface area contributed by atoms with Crippen molar-refractivity contribution < 1.29 is 42.9 Å². The molecule has 11 nitrogen and oxygen atoms in total. The lowest BCUT2D eigenvalue weighted by molar-refractivity contribution is -0.259. The Hall–Kier alpha value is -2.24. The maximum Gasteiger partial charge on any atom is 0.323 e. The van der Waals surface area contributed by atoms with Crippen molar-refractivity contribution in [2.45, 2.75) is 373 Å². The van der Waals surface area contributed by atoms with E-state index in [0.29, 0.717) is 58.5 Å². The molecule has 0 spiro atoms. The quantitative estimate of drug-likeness (QED) is 0.0250. The average molecular weight is 1130 g/mol. The van der Waals surface area contributed by atoms with Crippen LogP contribution in [0.15, 0.2) is 0 Å². The second kappa shape index (κ2) is 54.7. The first-order valence-corrected chi connectivity index (χ1v) is 34.8. The van der Waals surface area contributed by atoms with Crippen molar-refractivity contribution in [2.24, 2.45) is 0 Å². The van der Waals surface area contributed by atoms with Gasteiger partial charge in [-0.2, -0.15) is 0 Å². The number of ether oxygens (including phenoxy) is 5. The third kappa shape index (κ3) is 44.3. The van der Waals surface area contributed by atoms with Gasteiger partial charge in [0.2, 0.25) is 5.79 Å². The van der Waals surface area contributed by atoms with Crippen LogP contribution < -0.4 is 0 Å². The van der Waals surface area contributed by atoms with Gasteiger partial charge in [-0.3, -0.25) is 24.1 Å². The molecule has 1 aliphatic heterocycles. The van der Waals surface area contributed by atoms with Gasteiger partial charge in [0.1, 0.15) is 12.1 Å². The van der Waals surface area contributed by atoms with Crippen LogP contribution in [0.5, 0.6) is 0 Å². The van der Waals surface area contributed by atoms with E-state index in [1.54, 1.807) is 0 Å². The third-order valence-electron chi connectivity index (χ3n) is 16.6. The number of hydrogen-bond donors (Lipinski definition) is 0. The molecule has 1 heterocycles. The summed E-state index contributed by atoms with van der Waals surface area (Å²) in [5, 5.41) is 0. The highest BCUT2D eigenvalue weighted by molar-refractivity contribution is 5.76. The summed E-state index contributed by atoms with van der Waals surface area (Å²) in [7, 11) is 3.87. The highest BCUT2D eigenvalue weighted by Crippen LogP contribution is 2.34. The van der Waals surface area contributed by atoms with Crippen LogP contribution in [-0.2, 0) is 42.9 Å². The highest BCUT2D eigenvalue weighted by atomic mass is 16.7. The van der Waals surface area contributed by atoms with Gasteiger partial charge < -0.3 is 28.6 Å². The summed E-state index contributed by atoms with van der Waals surface area (Å²) in [6, 6.07) is -0.464. The van der Waals surface area contributed by atoms with Crippen molar-refractivity contribution in [1.29, 1.82) is 0 Å². The Labute approximate surface area is 494 Å². The minimum Gasteiger partial charge on any atom is -0.466 e. The molecule has 0 aliphatic carbocycles. The summed E-state index contributed by atoms with van der Waals surface area (Å²) < 4.78 is 31.4. The largest absolute Gasteiger partial charge is 0.466 e. The minimum atomic E-state index is -0.851. The molecule has 0 aromatic rings. The lowest BCUT2D eigenvalue weighted by Crippen LogP contribution is -2.42. The molecule has 1 aliphatic rings. The number of rotatable bonds is 60. The van der Waals surface area contributed by atoms with E-state index in [2.05, 4.69) is 39.5 Å². The lowest BCUT2D eigenvalue weighted by atomic mass is 9.97. The molecule has 472 valence electrons. The van der Waals surface area contributed by atoms with Crippen LogP contribution in [0.4, 0.5) is 0 Å². The van der Waals surface area contributed by atoms with Crippen molar-refractivity contribution in [1.82, 2.24) is 9.80 Å². The third-order valence-corrected chi connectivity index (χ3v) is 16.6. The molecule has 0 aromatic heterocycles. The van der Waals surface area contributed by atoms with E-state index in [0.717, 1.165) is 116 Å². The Balaban J connectivity index is 2.82. The average Bonchev–Trinajstić information content (AvgIpc) is 3.90. The fourth-order valence-electron chi connectivity index (χ4n) is 11.4. The van der Waals surface area contributed by atoms with Gasteiger partial charge >= 0.3 is 23.9 Å². The number of unbranched alkanes of at least 4 members (excludes halogenated alkanes) is 34. The summed E-state index contributed by atoms with van der Waals surface area (Å²) in [5.74, 6) is -1.59. The van der Waals surface area contributed by atoms with Crippen LogP contribution in [0.1, 0.15) is 349 Å². The van der Waals surface area contributed by atoms with E-state index in [-0.39, 0.29) is 36.1 Å². The Morgan fingerprint density at radius 1 is 0.450 bits per heavy atom. The van der Waals surface area contributed by atoms with E-state index in [1.807, 2.05) is 19.0 Å². The zero-order valence-corrected chi connectivity index (χ0v) is 54.0. The number of likely N-dealkylation sites (tertiary alicyclic amines) is 1. The molecule has 0 amide bonds. The smallest absolute Gasteiger partial charge is 0.323 e. The molecule has 0 N–H and O–H groups in total. The van der Waals surface area contributed by atoms with Crippen LogP contribution in [0, 0.1) is 0 Å². The molecular formula is C69H132N2O9. The fourth-order valence-corrected chi connectivity index (χ4v) is 11.4. The monoisotopic (exact) mass is 1130 g/mol. The highest BCUT2D eigenvalue weighted by Gasteiger charge is 2.40. The van der Waals surface area contributed by atoms with Gasteiger partial charge in [0.25, 0.3) is 0 Å². The van der Waals surface area contributed by atoms with Gasteiger partial charge in [0.15, 0.2) is 0 Å². The standard InChI is InChI=1S/C69H132N2O9/c1-8-13-18-23-28-29-30-37-47-58-76-65(72)51-43-39-46-56-71-61-63(78-66(73)53-57-70(6)7)60-64(71)68(75)77-59-48-38-31-34-42-52-67(74)80-69(54-44-35-26-21-16-11-4,55-45-36-27-22-17-12-5)79-62(49-40-32-24-19-14-9-2)50-41-33-25-20-15-10-3/h62-64H,8-61H2,1-7H3/t63?,64-/m0/s1. The van der Waals surface area contributed by atoms with E-state index >= 15 is 0 Å². The van der Waals surface area contributed by atoms with E-state index in [4.69, 9.17) is 23.7 Å². The van der Waals surface area contributed by atoms with Gasteiger partial charge in [-0.25, -0.2) is 0 Å². The molecule has 1 rings (SSSR count). The molecule has 2 atom stereocenters. The number of carbonyl (C=O) groups is 4. The first-order chi connectivity index (χ1) is 39.0. The van der Waals surface area contributed by atoms with Crippen molar-refractivity contribution in [2.75, 3.05) is 46.9 Å². The van der Waals surface area contributed by atoms with Gasteiger partial charge in [-0.05, 0) is 78.4 Å². The lowest BCUT2D eigenvalue weighted by Gasteiger charge is -2.37. The second-order valence-electron chi connectivity index (χ2n) is 24.7. The summed E-state index contributed by atoms with van der Waals surface area (Å²) in [6.07, 6.45) is 52.4. The summed E-state index contributed by atoms with van der Waals surface area (Å²) in [5.41, 5.74) is 0. The molecule has 11 heteroatoms. The molecule has 0 bridgehead atoms. The molecule has 80 heavy (non-hydrogen) atoms. The van der Waals surface area contributed by atoms with Crippen molar-refractivity contribution in [3.63, 3.8) is 0 Å². The molecule has 1 unspecified atom stereocenters. The molecule has 0 aromatic carbocycles. The van der Waals surface area contributed by atoms with E-state index in [9.17, 15) is 19.2 Å². The fraction of sp³-hybridized carbons (Fsp3) is 0.942. The summed E-state index contributed by atoms with van der Waals surface area (Å²) in [6.45, 7) is 14.0. The maximum atomic E-state index is 14.0. The zero-order chi connectivity index (χ0) is 58.4. The first kappa shape index (κ1) is 75.8. The van der Waals surface area contributed by atoms with Gasteiger partial charge in [-0.15, -0.1) is 0 Å². The summed E-state index contributed by atoms with van der Waals surface area (Å²) >= 11 is 0. The van der Waals surface area contributed by atoms with Crippen molar-refractivity contribution in [3.8, 4) is 0 Å². The van der Waals surface area contributed by atoms with E-state index < -0.39 is 11.8 Å². The Kier molecular flexibility index (Phi) is 51.8. The number of esters is 4. The first-order valence-electron chi connectivity index (χ1n) is 34.8. The maximum absolute atomic E-state index is 14.0.